The molecule has 7 heteroatoms. The lowest BCUT2D eigenvalue weighted by Gasteiger charge is -2.27. The summed E-state index contributed by atoms with van der Waals surface area (Å²) in [5, 5.41) is 9.59. The van der Waals surface area contributed by atoms with Gasteiger partial charge in [-0.15, -0.1) is 0 Å². The van der Waals surface area contributed by atoms with Gasteiger partial charge in [-0.05, 0) is 5.41 Å². The monoisotopic (exact) mass is 298 g/mol. The molecule has 1 aromatic heterocycles. The topological polar surface area (TPSA) is 103 Å². The van der Waals surface area contributed by atoms with Gasteiger partial charge in [-0.2, -0.15) is 15.2 Å². The first-order valence-corrected chi connectivity index (χ1v) is 6.79. The first-order valence-electron chi connectivity index (χ1n) is 5.91. The van der Waals surface area contributed by atoms with Crippen LogP contribution >= 0.6 is 11.8 Å². The highest BCUT2D eigenvalue weighted by molar-refractivity contribution is 7.99. The first kappa shape index (κ1) is 18.5. The molecular formula is C13H22N4O2S. The summed E-state index contributed by atoms with van der Waals surface area (Å²) in [6.45, 7) is 6.29. The fourth-order valence-electron chi connectivity index (χ4n) is 1.38. The second-order valence-corrected chi connectivity index (χ2v) is 6.24. The molecule has 1 rings (SSSR count). The van der Waals surface area contributed by atoms with E-state index in [4.69, 9.17) is 14.7 Å². The van der Waals surface area contributed by atoms with Gasteiger partial charge in [-0.3, -0.25) is 0 Å². The maximum Gasteiger partial charge on any atom is 0.220 e. The molecule has 20 heavy (non-hydrogen) atoms. The summed E-state index contributed by atoms with van der Waals surface area (Å²) in [5.41, 5.74) is -0.0138. The van der Waals surface area contributed by atoms with Crippen molar-refractivity contribution >= 4 is 11.8 Å². The molecule has 0 fully saturated rings. The summed E-state index contributed by atoms with van der Waals surface area (Å²) < 4.78 is 10.2. The zero-order valence-electron chi connectivity index (χ0n) is 12.6. The lowest BCUT2D eigenvalue weighted by Crippen LogP contribution is -2.23. The van der Waals surface area contributed by atoms with Crippen molar-refractivity contribution in [2.75, 3.05) is 14.2 Å². The Morgan fingerprint density at radius 2 is 1.75 bits per heavy atom. The highest BCUT2D eigenvalue weighted by Crippen LogP contribution is 2.36. The highest BCUT2D eigenvalue weighted by atomic mass is 32.2. The second kappa shape index (κ2) is 7.92. The van der Waals surface area contributed by atoms with Crippen molar-refractivity contribution in [2.45, 2.75) is 37.6 Å². The predicted octanol–water partition coefficient (Wildman–Crippen LogP) is 3.08. The number of ether oxygens (including phenoxy) is 2. The van der Waals surface area contributed by atoms with Gasteiger partial charge in [-0.25, -0.2) is 0 Å². The van der Waals surface area contributed by atoms with E-state index in [2.05, 4.69) is 36.8 Å². The minimum absolute atomic E-state index is 0. The largest absolute Gasteiger partial charge is 0.481 e. The van der Waals surface area contributed by atoms with Gasteiger partial charge >= 0.3 is 0 Å². The number of thioether (sulfide) groups is 1. The van der Waals surface area contributed by atoms with Crippen molar-refractivity contribution in [1.29, 1.82) is 5.26 Å². The van der Waals surface area contributed by atoms with Gasteiger partial charge in [0.1, 0.15) is 0 Å². The lowest BCUT2D eigenvalue weighted by molar-refractivity contribution is 0.363. The molecule has 0 radical (unpaired) electrons. The summed E-state index contributed by atoms with van der Waals surface area (Å²) in [5.74, 6) is 0.915. The van der Waals surface area contributed by atoms with Crippen LogP contribution in [0.1, 0.15) is 27.2 Å². The molecule has 112 valence electrons. The maximum atomic E-state index is 8.93. The number of rotatable bonds is 5. The molecule has 1 aromatic rings. The Balaban J connectivity index is 0.00000361. The predicted molar refractivity (Wildman–Crippen MR) is 79.5 cm³/mol. The SMILES string of the molecule is COc1cc(OC)nc(SC(CC#N)C(C)(C)C)n1.N. The number of nitrogens with zero attached hydrogens (tertiary/aromatic N) is 3. The third kappa shape index (κ3) is 5.23. The van der Waals surface area contributed by atoms with Crippen molar-refractivity contribution < 1.29 is 9.47 Å². The molecule has 1 atom stereocenters. The molecule has 0 aliphatic carbocycles. The molecule has 0 bridgehead atoms. The fraction of sp³-hybridized carbons (Fsp3) is 0.615. The molecular weight excluding hydrogens is 276 g/mol. The molecule has 0 amide bonds. The number of aromatic nitrogens is 2. The van der Waals surface area contributed by atoms with Gasteiger partial charge in [0, 0.05) is 11.7 Å². The van der Waals surface area contributed by atoms with Crippen LogP contribution in [0.25, 0.3) is 0 Å². The maximum absolute atomic E-state index is 8.93. The van der Waals surface area contributed by atoms with Crippen molar-refractivity contribution in [3.63, 3.8) is 0 Å². The van der Waals surface area contributed by atoms with E-state index in [0.717, 1.165) is 0 Å². The smallest absolute Gasteiger partial charge is 0.220 e. The van der Waals surface area contributed by atoms with Crippen LogP contribution in [0.3, 0.4) is 0 Å². The minimum Gasteiger partial charge on any atom is -0.481 e. The van der Waals surface area contributed by atoms with E-state index >= 15 is 0 Å². The fourth-order valence-corrected chi connectivity index (χ4v) is 2.43. The molecule has 0 aromatic carbocycles. The zero-order valence-corrected chi connectivity index (χ0v) is 13.5. The molecule has 0 aliphatic heterocycles. The zero-order chi connectivity index (χ0) is 14.5. The summed E-state index contributed by atoms with van der Waals surface area (Å²) in [6, 6.07) is 3.84. The molecule has 3 N–H and O–H groups in total. The third-order valence-electron chi connectivity index (χ3n) is 2.57. The highest BCUT2D eigenvalue weighted by Gasteiger charge is 2.27. The second-order valence-electron chi connectivity index (χ2n) is 5.07. The van der Waals surface area contributed by atoms with Crippen LogP contribution < -0.4 is 15.6 Å². The third-order valence-corrected chi connectivity index (χ3v) is 4.12. The van der Waals surface area contributed by atoms with E-state index in [-0.39, 0.29) is 16.8 Å². The van der Waals surface area contributed by atoms with Crippen LogP contribution in [-0.4, -0.2) is 29.4 Å². The Bertz CT molecular complexity index is 446. The normalized spacial score (nSPS) is 12.0. The van der Waals surface area contributed by atoms with Crippen LogP contribution in [0.4, 0.5) is 0 Å². The quantitative estimate of drug-likeness (QED) is 0.658. The number of hydrogen-bond acceptors (Lipinski definition) is 7. The number of methoxy groups -OCH3 is 2. The van der Waals surface area contributed by atoms with E-state index < -0.39 is 0 Å². The summed E-state index contributed by atoms with van der Waals surface area (Å²) >= 11 is 1.47. The summed E-state index contributed by atoms with van der Waals surface area (Å²) in [6.07, 6.45) is 0.442. The van der Waals surface area contributed by atoms with Crippen molar-refractivity contribution in [2.24, 2.45) is 5.41 Å². The van der Waals surface area contributed by atoms with E-state index in [0.29, 0.717) is 23.3 Å². The van der Waals surface area contributed by atoms with E-state index in [1.54, 1.807) is 20.3 Å². The minimum atomic E-state index is -0.0138. The van der Waals surface area contributed by atoms with E-state index in [1.807, 2.05) is 0 Å². The Kier molecular flexibility index (Phi) is 7.32. The van der Waals surface area contributed by atoms with Crippen molar-refractivity contribution in [1.82, 2.24) is 16.1 Å². The number of nitriles is 1. The Hall–Kier alpha value is -1.52. The van der Waals surface area contributed by atoms with E-state index in [9.17, 15) is 0 Å². The lowest BCUT2D eigenvalue weighted by atomic mass is 9.90. The van der Waals surface area contributed by atoms with Gasteiger partial charge in [0.15, 0.2) is 5.16 Å². The molecule has 1 unspecified atom stereocenters. The van der Waals surface area contributed by atoms with Crippen LogP contribution in [0.2, 0.25) is 0 Å². The van der Waals surface area contributed by atoms with Crippen molar-refractivity contribution in [3.8, 4) is 17.8 Å². The Morgan fingerprint density at radius 1 is 1.25 bits per heavy atom. The standard InChI is InChI=1S/C13H19N3O2S.H3N/c1-13(2,3)9(6-7-14)19-12-15-10(17-4)8-11(16-12)18-5;/h8-9H,6H2,1-5H3;1H3. The van der Waals surface area contributed by atoms with E-state index in [1.165, 1.54) is 11.8 Å². The van der Waals surface area contributed by atoms with Gasteiger partial charge < -0.3 is 15.6 Å². The van der Waals surface area contributed by atoms with Gasteiger partial charge in [0.05, 0.1) is 26.4 Å². The molecule has 0 spiro atoms. The molecule has 1 heterocycles. The van der Waals surface area contributed by atoms with Crippen LogP contribution in [-0.2, 0) is 0 Å². The molecule has 0 aliphatic rings. The summed E-state index contributed by atoms with van der Waals surface area (Å²) in [4.78, 5) is 8.55. The first-order chi connectivity index (χ1) is 8.90. The Morgan fingerprint density at radius 3 is 2.10 bits per heavy atom. The number of hydrogen-bond donors (Lipinski definition) is 1. The van der Waals surface area contributed by atoms with Crippen molar-refractivity contribution in [3.05, 3.63) is 6.07 Å². The van der Waals surface area contributed by atoms with Gasteiger partial charge in [0.2, 0.25) is 11.8 Å². The average molecular weight is 298 g/mol. The van der Waals surface area contributed by atoms with Crippen LogP contribution in [0, 0.1) is 16.7 Å². The van der Waals surface area contributed by atoms with Crippen LogP contribution in [0.15, 0.2) is 11.2 Å². The molecule has 6 nitrogen and oxygen atoms in total. The summed E-state index contributed by atoms with van der Waals surface area (Å²) in [7, 11) is 3.10. The average Bonchev–Trinajstić information content (AvgIpc) is 2.36. The molecule has 0 saturated heterocycles. The molecule has 0 saturated carbocycles. The van der Waals surface area contributed by atoms with Crippen LogP contribution in [0.5, 0.6) is 11.8 Å². The Labute approximate surface area is 124 Å². The van der Waals surface area contributed by atoms with Gasteiger partial charge in [-0.1, -0.05) is 32.5 Å². The van der Waals surface area contributed by atoms with Gasteiger partial charge in [0.25, 0.3) is 0 Å².